The second-order valence-electron chi connectivity index (χ2n) is 4.43. The van der Waals surface area contributed by atoms with Gasteiger partial charge in [-0.05, 0) is 25.5 Å². The summed E-state index contributed by atoms with van der Waals surface area (Å²) in [5.74, 6) is 0. The Morgan fingerprint density at radius 1 is 1.39 bits per heavy atom. The van der Waals surface area contributed by atoms with E-state index in [4.69, 9.17) is 11.6 Å². The van der Waals surface area contributed by atoms with E-state index in [0.717, 1.165) is 30.8 Å². The monoisotopic (exact) mass is 267 g/mol. The minimum absolute atomic E-state index is 0.710. The molecule has 0 aromatic carbocycles. The molecule has 2 aromatic rings. The quantitative estimate of drug-likeness (QED) is 0.834. The van der Waals surface area contributed by atoms with Gasteiger partial charge in [-0.25, -0.2) is 0 Å². The van der Waals surface area contributed by atoms with Crippen molar-refractivity contribution in [3.05, 3.63) is 34.4 Å². The zero-order chi connectivity index (χ0) is 13.1. The van der Waals surface area contributed by atoms with E-state index in [0.29, 0.717) is 5.15 Å². The minimum atomic E-state index is 0.710. The topological polar surface area (TPSA) is 47.7 Å². The van der Waals surface area contributed by atoms with Gasteiger partial charge in [0.2, 0.25) is 0 Å². The molecule has 0 fully saturated rings. The normalized spacial score (nSPS) is 11.1. The third-order valence-electron chi connectivity index (χ3n) is 2.92. The standard InChI is InChI=1S/C12H18ClN5/c1-9-11(12(13)18(3)16-9)7-14-5-4-10-6-15-17(2)8-10/h6,8,14H,4-5,7H2,1-3H3. The maximum Gasteiger partial charge on any atom is 0.131 e. The van der Waals surface area contributed by atoms with E-state index in [1.807, 2.05) is 38.1 Å². The Bertz CT molecular complexity index is 529. The number of hydrogen-bond donors (Lipinski definition) is 1. The maximum absolute atomic E-state index is 6.16. The van der Waals surface area contributed by atoms with Gasteiger partial charge in [0.05, 0.1) is 11.9 Å². The first-order valence-electron chi connectivity index (χ1n) is 5.94. The zero-order valence-corrected chi connectivity index (χ0v) is 11.7. The number of nitrogens with one attached hydrogen (secondary N) is 1. The molecule has 0 amide bonds. The first-order valence-corrected chi connectivity index (χ1v) is 6.32. The Morgan fingerprint density at radius 3 is 2.72 bits per heavy atom. The molecule has 0 unspecified atom stereocenters. The average molecular weight is 268 g/mol. The van der Waals surface area contributed by atoms with E-state index in [2.05, 4.69) is 15.5 Å². The van der Waals surface area contributed by atoms with E-state index in [9.17, 15) is 0 Å². The summed E-state index contributed by atoms with van der Waals surface area (Å²) in [5.41, 5.74) is 3.29. The molecule has 0 spiro atoms. The van der Waals surface area contributed by atoms with Gasteiger partial charge in [0.25, 0.3) is 0 Å². The highest BCUT2D eigenvalue weighted by atomic mass is 35.5. The van der Waals surface area contributed by atoms with Crippen LogP contribution in [0.3, 0.4) is 0 Å². The van der Waals surface area contributed by atoms with Crippen LogP contribution in [-0.2, 0) is 27.1 Å². The summed E-state index contributed by atoms with van der Waals surface area (Å²) in [7, 11) is 3.78. The molecule has 0 saturated carbocycles. The summed E-state index contributed by atoms with van der Waals surface area (Å²) in [4.78, 5) is 0. The second kappa shape index (κ2) is 5.54. The van der Waals surface area contributed by atoms with E-state index in [1.165, 1.54) is 5.56 Å². The van der Waals surface area contributed by atoms with Crippen molar-refractivity contribution in [3.8, 4) is 0 Å². The maximum atomic E-state index is 6.16. The van der Waals surface area contributed by atoms with Crippen LogP contribution in [0.2, 0.25) is 5.15 Å². The van der Waals surface area contributed by atoms with E-state index in [-0.39, 0.29) is 0 Å². The molecule has 5 nitrogen and oxygen atoms in total. The molecule has 2 heterocycles. The fraction of sp³-hybridized carbons (Fsp3) is 0.500. The molecule has 6 heteroatoms. The summed E-state index contributed by atoms with van der Waals surface area (Å²) < 4.78 is 3.52. The van der Waals surface area contributed by atoms with Gasteiger partial charge in [0, 0.05) is 32.4 Å². The number of hydrogen-bond acceptors (Lipinski definition) is 3. The van der Waals surface area contributed by atoms with Crippen molar-refractivity contribution in [3.63, 3.8) is 0 Å². The summed E-state index contributed by atoms with van der Waals surface area (Å²) in [6.07, 6.45) is 4.89. The van der Waals surface area contributed by atoms with E-state index < -0.39 is 0 Å². The molecule has 18 heavy (non-hydrogen) atoms. The fourth-order valence-corrected chi connectivity index (χ4v) is 2.16. The molecular weight excluding hydrogens is 250 g/mol. The number of rotatable bonds is 5. The molecule has 2 aromatic heterocycles. The lowest BCUT2D eigenvalue weighted by Gasteiger charge is -2.03. The Morgan fingerprint density at radius 2 is 2.17 bits per heavy atom. The highest BCUT2D eigenvalue weighted by Gasteiger charge is 2.10. The molecule has 0 atom stereocenters. The first-order chi connectivity index (χ1) is 8.58. The molecular formula is C12H18ClN5. The van der Waals surface area contributed by atoms with Gasteiger partial charge in [-0.3, -0.25) is 9.36 Å². The Kier molecular flexibility index (Phi) is 4.04. The van der Waals surface area contributed by atoms with Crippen molar-refractivity contribution < 1.29 is 0 Å². The van der Waals surface area contributed by atoms with Crippen molar-refractivity contribution in [2.45, 2.75) is 19.9 Å². The largest absolute Gasteiger partial charge is 0.312 e. The van der Waals surface area contributed by atoms with Crippen LogP contribution < -0.4 is 5.32 Å². The summed E-state index contributed by atoms with van der Waals surface area (Å²) in [6, 6.07) is 0. The van der Waals surface area contributed by atoms with Gasteiger partial charge >= 0.3 is 0 Å². The first kappa shape index (κ1) is 13.1. The van der Waals surface area contributed by atoms with Crippen LogP contribution in [0.25, 0.3) is 0 Å². The molecule has 0 bridgehead atoms. The average Bonchev–Trinajstić information content (AvgIpc) is 2.82. The number of nitrogens with zero attached hydrogens (tertiary/aromatic N) is 4. The highest BCUT2D eigenvalue weighted by Crippen LogP contribution is 2.17. The fourth-order valence-electron chi connectivity index (χ4n) is 1.92. The molecule has 0 aliphatic carbocycles. The molecule has 2 rings (SSSR count). The molecule has 0 aliphatic rings. The predicted molar refractivity (Wildman–Crippen MR) is 71.6 cm³/mol. The van der Waals surface area contributed by atoms with Gasteiger partial charge in [0.15, 0.2) is 0 Å². The minimum Gasteiger partial charge on any atom is -0.312 e. The number of aryl methyl sites for hydroxylation is 3. The van der Waals surface area contributed by atoms with Crippen LogP contribution in [0.15, 0.2) is 12.4 Å². The summed E-state index contributed by atoms with van der Waals surface area (Å²) in [5, 5.41) is 12.5. The van der Waals surface area contributed by atoms with Crippen molar-refractivity contribution in [1.29, 1.82) is 0 Å². The van der Waals surface area contributed by atoms with Gasteiger partial charge in [-0.1, -0.05) is 11.6 Å². The number of halogens is 1. The lowest BCUT2D eigenvalue weighted by Crippen LogP contribution is -2.17. The number of aromatic nitrogens is 4. The molecule has 98 valence electrons. The van der Waals surface area contributed by atoms with E-state index in [1.54, 1.807) is 4.68 Å². The second-order valence-corrected chi connectivity index (χ2v) is 4.79. The lowest BCUT2D eigenvalue weighted by atomic mass is 10.2. The summed E-state index contributed by atoms with van der Waals surface area (Å²) >= 11 is 6.16. The molecule has 1 N–H and O–H groups in total. The van der Waals surface area contributed by atoms with Crippen LogP contribution in [0.1, 0.15) is 16.8 Å². The lowest BCUT2D eigenvalue weighted by molar-refractivity contribution is 0.683. The molecule has 0 radical (unpaired) electrons. The summed E-state index contributed by atoms with van der Waals surface area (Å²) in [6.45, 7) is 3.62. The van der Waals surface area contributed by atoms with Crippen LogP contribution in [0.4, 0.5) is 0 Å². The van der Waals surface area contributed by atoms with Gasteiger partial charge < -0.3 is 5.32 Å². The highest BCUT2D eigenvalue weighted by molar-refractivity contribution is 6.30. The third kappa shape index (κ3) is 2.91. The van der Waals surface area contributed by atoms with Crippen LogP contribution >= 0.6 is 11.6 Å². The zero-order valence-electron chi connectivity index (χ0n) is 10.9. The molecule has 0 aliphatic heterocycles. The third-order valence-corrected chi connectivity index (χ3v) is 3.39. The van der Waals surface area contributed by atoms with Crippen molar-refractivity contribution in [2.24, 2.45) is 14.1 Å². The van der Waals surface area contributed by atoms with Crippen molar-refractivity contribution in [1.82, 2.24) is 24.9 Å². The Labute approximate surface area is 112 Å². The predicted octanol–water partition coefficient (Wildman–Crippen LogP) is 1.45. The van der Waals surface area contributed by atoms with Crippen molar-refractivity contribution >= 4 is 11.6 Å². The van der Waals surface area contributed by atoms with Gasteiger partial charge in [-0.15, -0.1) is 0 Å². The van der Waals surface area contributed by atoms with Crippen molar-refractivity contribution in [2.75, 3.05) is 6.54 Å². The van der Waals surface area contributed by atoms with Crippen LogP contribution in [0.5, 0.6) is 0 Å². The van der Waals surface area contributed by atoms with Crippen LogP contribution in [0, 0.1) is 6.92 Å². The van der Waals surface area contributed by atoms with Gasteiger partial charge in [0.1, 0.15) is 5.15 Å². The van der Waals surface area contributed by atoms with E-state index >= 15 is 0 Å². The SMILES string of the molecule is Cc1nn(C)c(Cl)c1CNCCc1cnn(C)c1. The van der Waals surface area contributed by atoms with Crippen LogP contribution in [-0.4, -0.2) is 26.1 Å². The Hall–Kier alpha value is -1.33. The molecule has 0 saturated heterocycles. The Balaban J connectivity index is 1.82. The smallest absolute Gasteiger partial charge is 0.131 e. The van der Waals surface area contributed by atoms with Gasteiger partial charge in [-0.2, -0.15) is 10.2 Å².